The van der Waals surface area contributed by atoms with E-state index in [1.165, 1.54) is 6.42 Å². The van der Waals surface area contributed by atoms with Gasteiger partial charge in [-0.1, -0.05) is 6.92 Å². The summed E-state index contributed by atoms with van der Waals surface area (Å²) in [6.07, 6.45) is 3.47. The molecule has 1 aliphatic rings. The quantitative estimate of drug-likeness (QED) is 0.619. The fourth-order valence-corrected chi connectivity index (χ4v) is 1.83. The minimum atomic E-state index is 0.125. The predicted octanol–water partition coefficient (Wildman–Crippen LogP) is 0.853. The molecule has 1 aliphatic heterocycles. The first-order valence-electron chi connectivity index (χ1n) is 4.07. The molecule has 1 rings (SSSR count). The first-order chi connectivity index (χ1) is 4.75. The van der Waals surface area contributed by atoms with Crippen LogP contribution in [0.2, 0.25) is 0 Å². The molecule has 0 saturated carbocycles. The molecule has 2 nitrogen and oxygen atoms in total. The minimum Gasteiger partial charge on any atom is -0.394 e. The molecule has 0 aromatic rings. The second-order valence-electron chi connectivity index (χ2n) is 3.26. The van der Waals surface area contributed by atoms with Crippen LogP contribution in [0.3, 0.4) is 0 Å². The van der Waals surface area contributed by atoms with Crippen molar-refractivity contribution in [3.05, 3.63) is 0 Å². The highest BCUT2D eigenvalue weighted by Crippen LogP contribution is 2.29. The van der Waals surface area contributed by atoms with Crippen LogP contribution in [0.15, 0.2) is 0 Å². The Morgan fingerprint density at radius 3 is 2.50 bits per heavy atom. The van der Waals surface area contributed by atoms with Crippen molar-refractivity contribution in [2.45, 2.75) is 31.7 Å². The van der Waals surface area contributed by atoms with Crippen LogP contribution in [0, 0.1) is 0 Å². The third kappa shape index (κ3) is 1.06. The molecular formula is C8H17NO. The van der Waals surface area contributed by atoms with Gasteiger partial charge in [0.2, 0.25) is 0 Å². The highest BCUT2D eigenvalue weighted by Gasteiger charge is 2.35. The number of aliphatic hydroxyl groups is 1. The normalized spacial score (nSPS) is 35.1. The van der Waals surface area contributed by atoms with Crippen LogP contribution < -0.4 is 0 Å². The van der Waals surface area contributed by atoms with E-state index in [1.54, 1.807) is 0 Å². The van der Waals surface area contributed by atoms with Gasteiger partial charge in [0.1, 0.15) is 0 Å². The standard InChI is InChI=1S/C8H17NO/c1-3-8(7-10)5-4-6-9(8)2/h10H,3-7H2,1-2H3/t8-/m1/s1. The van der Waals surface area contributed by atoms with Crippen molar-refractivity contribution in [3.8, 4) is 0 Å². The SMILES string of the molecule is CC[C@]1(CO)CCCN1C. The molecule has 1 N–H and O–H groups in total. The first kappa shape index (κ1) is 8.02. The molecule has 0 amide bonds. The van der Waals surface area contributed by atoms with Crippen LogP contribution >= 0.6 is 0 Å². The van der Waals surface area contributed by atoms with Crippen molar-refractivity contribution in [1.82, 2.24) is 4.90 Å². The van der Waals surface area contributed by atoms with E-state index in [4.69, 9.17) is 5.11 Å². The van der Waals surface area contributed by atoms with E-state index in [-0.39, 0.29) is 5.54 Å². The highest BCUT2D eigenvalue weighted by atomic mass is 16.3. The lowest BCUT2D eigenvalue weighted by Crippen LogP contribution is -2.43. The van der Waals surface area contributed by atoms with E-state index in [2.05, 4.69) is 18.9 Å². The van der Waals surface area contributed by atoms with Gasteiger partial charge in [-0.15, -0.1) is 0 Å². The number of nitrogens with zero attached hydrogens (tertiary/aromatic N) is 1. The minimum absolute atomic E-state index is 0.125. The van der Waals surface area contributed by atoms with Crippen LogP contribution in [0.25, 0.3) is 0 Å². The maximum absolute atomic E-state index is 9.15. The summed E-state index contributed by atoms with van der Waals surface area (Å²) >= 11 is 0. The van der Waals surface area contributed by atoms with Gasteiger partial charge >= 0.3 is 0 Å². The molecule has 1 heterocycles. The summed E-state index contributed by atoms with van der Waals surface area (Å²) in [6.45, 7) is 3.62. The average molecular weight is 143 g/mol. The number of likely N-dealkylation sites (N-methyl/N-ethyl adjacent to an activating group) is 1. The molecule has 0 aromatic heterocycles. The summed E-state index contributed by atoms with van der Waals surface area (Å²) in [5.41, 5.74) is 0.125. The monoisotopic (exact) mass is 143 g/mol. The summed E-state index contributed by atoms with van der Waals surface area (Å²) < 4.78 is 0. The van der Waals surface area contributed by atoms with Crippen LogP contribution in [0.1, 0.15) is 26.2 Å². The van der Waals surface area contributed by atoms with Gasteiger partial charge in [0, 0.05) is 5.54 Å². The zero-order valence-electron chi connectivity index (χ0n) is 6.93. The van der Waals surface area contributed by atoms with Gasteiger partial charge in [0.15, 0.2) is 0 Å². The number of hydrogen-bond acceptors (Lipinski definition) is 2. The zero-order valence-corrected chi connectivity index (χ0v) is 6.93. The second kappa shape index (κ2) is 2.89. The molecule has 1 fully saturated rings. The van der Waals surface area contributed by atoms with Gasteiger partial charge in [-0.25, -0.2) is 0 Å². The van der Waals surface area contributed by atoms with Gasteiger partial charge in [0.25, 0.3) is 0 Å². The van der Waals surface area contributed by atoms with Gasteiger partial charge in [-0.3, -0.25) is 4.90 Å². The van der Waals surface area contributed by atoms with Gasteiger partial charge in [-0.05, 0) is 32.9 Å². The summed E-state index contributed by atoms with van der Waals surface area (Å²) in [5.74, 6) is 0. The van der Waals surface area contributed by atoms with Gasteiger partial charge < -0.3 is 5.11 Å². The summed E-state index contributed by atoms with van der Waals surface area (Å²) in [4.78, 5) is 2.28. The summed E-state index contributed by atoms with van der Waals surface area (Å²) in [7, 11) is 2.10. The Kier molecular flexibility index (Phi) is 2.32. The molecule has 2 heteroatoms. The zero-order chi connectivity index (χ0) is 7.61. The molecule has 0 radical (unpaired) electrons. The Balaban J connectivity index is 2.61. The Bertz CT molecular complexity index is 110. The summed E-state index contributed by atoms with van der Waals surface area (Å²) in [5, 5.41) is 9.15. The smallest absolute Gasteiger partial charge is 0.0615 e. The van der Waals surface area contributed by atoms with Crippen molar-refractivity contribution in [1.29, 1.82) is 0 Å². The van der Waals surface area contributed by atoms with E-state index >= 15 is 0 Å². The molecule has 0 spiro atoms. The highest BCUT2D eigenvalue weighted by molar-refractivity contribution is 4.92. The topological polar surface area (TPSA) is 23.5 Å². The van der Waals surface area contributed by atoms with Crippen LogP contribution in [-0.2, 0) is 0 Å². The fourth-order valence-electron chi connectivity index (χ4n) is 1.83. The number of aliphatic hydroxyl groups excluding tert-OH is 1. The molecule has 10 heavy (non-hydrogen) atoms. The lowest BCUT2D eigenvalue weighted by atomic mass is 9.94. The van der Waals surface area contributed by atoms with Crippen molar-refractivity contribution >= 4 is 0 Å². The largest absolute Gasteiger partial charge is 0.394 e. The fraction of sp³-hybridized carbons (Fsp3) is 1.00. The molecule has 0 aromatic carbocycles. The van der Waals surface area contributed by atoms with E-state index in [0.717, 1.165) is 19.4 Å². The van der Waals surface area contributed by atoms with Crippen molar-refractivity contribution in [3.63, 3.8) is 0 Å². The number of rotatable bonds is 2. The molecule has 0 aliphatic carbocycles. The van der Waals surface area contributed by atoms with Gasteiger partial charge in [0.05, 0.1) is 6.61 Å². The molecular weight excluding hydrogens is 126 g/mol. The Hall–Kier alpha value is -0.0800. The second-order valence-corrected chi connectivity index (χ2v) is 3.26. The number of likely N-dealkylation sites (tertiary alicyclic amines) is 1. The molecule has 1 saturated heterocycles. The third-order valence-corrected chi connectivity index (χ3v) is 2.90. The van der Waals surface area contributed by atoms with E-state index in [1.807, 2.05) is 0 Å². The van der Waals surface area contributed by atoms with Gasteiger partial charge in [-0.2, -0.15) is 0 Å². The lowest BCUT2D eigenvalue weighted by molar-refractivity contribution is 0.0804. The maximum atomic E-state index is 9.15. The lowest BCUT2D eigenvalue weighted by Gasteiger charge is -2.33. The maximum Gasteiger partial charge on any atom is 0.0615 e. The Labute approximate surface area is 62.8 Å². The molecule has 0 bridgehead atoms. The van der Waals surface area contributed by atoms with Crippen molar-refractivity contribution in [2.75, 3.05) is 20.2 Å². The van der Waals surface area contributed by atoms with Crippen LogP contribution in [-0.4, -0.2) is 35.7 Å². The predicted molar refractivity (Wildman–Crippen MR) is 42.0 cm³/mol. The van der Waals surface area contributed by atoms with Crippen molar-refractivity contribution < 1.29 is 5.11 Å². The molecule has 60 valence electrons. The number of hydrogen-bond donors (Lipinski definition) is 1. The average Bonchev–Trinajstić information content (AvgIpc) is 2.32. The van der Waals surface area contributed by atoms with E-state index in [0.29, 0.717) is 6.61 Å². The Morgan fingerprint density at radius 1 is 1.60 bits per heavy atom. The van der Waals surface area contributed by atoms with Crippen molar-refractivity contribution in [2.24, 2.45) is 0 Å². The summed E-state index contributed by atoms with van der Waals surface area (Å²) in [6, 6.07) is 0. The van der Waals surface area contributed by atoms with Crippen LogP contribution in [0.4, 0.5) is 0 Å². The van der Waals surface area contributed by atoms with E-state index in [9.17, 15) is 0 Å². The molecule has 1 atom stereocenters. The molecule has 0 unspecified atom stereocenters. The first-order valence-corrected chi connectivity index (χ1v) is 4.07. The Morgan fingerprint density at radius 2 is 2.30 bits per heavy atom. The third-order valence-electron chi connectivity index (χ3n) is 2.90. The van der Waals surface area contributed by atoms with Crippen LogP contribution in [0.5, 0.6) is 0 Å². The van der Waals surface area contributed by atoms with E-state index < -0.39 is 0 Å².